The minimum absolute atomic E-state index is 0.496. The minimum atomic E-state index is 0.496. The lowest BCUT2D eigenvalue weighted by molar-refractivity contribution is 0.319. The molecule has 0 aliphatic heterocycles. The summed E-state index contributed by atoms with van der Waals surface area (Å²) >= 11 is 0. The third kappa shape index (κ3) is 2.16. The van der Waals surface area contributed by atoms with Crippen molar-refractivity contribution in [2.75, 3.05) is 14.1 Å². The van der Waals surface area contributed by atoms with Crippen molar-refractivity contribution < 1.29 is 0 Å². The first-order valence-corrected chi connectivity index (χ1v) is 5.17. The van der Waals surface area contributed by atoms with Crippen molar-refractivity contribution in [1.82, 2.24) is 4.90 Å². The Bertz CT molecular complexity index is 303. The van der Waals surface area contributed by atoms with Crippen molar-refractivity contribution in [2.45, 2.75) is 33.7 Å². The molecule has 1 aromatic carbocycles. The molecule has 0 saturated heterocycles. The molecule has 0 saturated carbocycles. The SMILES string of the molecule is Cc1cc(C)c([C@H](C)N(C)C)c(C)c1. The number of aryl methyl sites for hydroxylation is 3. The van der Waals surface area contributed by atoms with E-state index in [2.05, 4.69) is 58.8 Å². The van der Waals surface area contributed by atoms with Crippen LogP contribution in [0.3, 0.4) is 0 Å². The normalized spacial score (nSPS) is 13.4. The van der Waals surface area contributed by atoms with Gasteiger partial charge in [0.1, 0.15) is 0 Å². The fourth-order valence-electron chi connectivity index (χ4n) is 2.11. The molecule has 0 heterocycles. The van der Waals surface area contributed by atoms with Crippen LogP contribution in [0.15, 0.2) is 12.1 Å². The fraction of sp³-hybridized carbons (Fsp3) is 0.538. The zero-order chi connectivity index (χ0) is 10.9. The molecule has 0 amide bonds. The van der Waals surface area contributed by atoms with E-state index in [1.54, 1.807) is 0 Å². The van der Waals surface area contributed by atoms with E-state index in [0.717, 1.165) is 0 Å². The second kappa shape index (κ2) is 4.14. The lowest BCUT2D eigenvalue weighted by atomic mass is 9.94. The lowest BCUT2D eigenvalue weighted by Gasteiger charge is -2.24. The number of hydrogen-bond acceptors (Lipinski definition) is 1. The highest BCUT2D eigenvalue weighted by atomic mass is 15.1. The fourth-order valence-corrected chi connectivity index (χ4v) is 2.11. The standard InChI is InChI=1S/C13H21N/c1-9-7-10(2)13(11(3)8-9)12(4)14(5)6/h7-8,12H,1-6H3/t12-/m0/s1. The number of nitrogens with zero attached hydrogens (tertiary/aromatic N) is 1. The van der Waals surface area contributed by atoms with Gasteiger partial charge in [0.25, 0.3) is 0 Å². The first-order valence-electron chi connectivity index (χ1n) is 5.17. The molecule has 0 aliphatic rings. The molecule has 0 radical (unpaired) electrons. The Kier molecular flexibility index (Phi) is 3.33. The van der Waals surface area contributed by atoms with Crippen molar-refractivity contribution >= 4 is 0 Å². The molecule has 78 valence electrons. The van der Waals surface area contributed by atoms with Crippen LogP contribution in [0.1, 0.15) is 35.2 Å². The van der Waals surface area contributed by atoms with Crippen molar-refractivity contribution in [3.8, 4) is 0 Å². The molecule has 0 aromatic heterocycles. The highest BCUT2D eigenvalue weighted by molar-refractivity contribution is 5.39. The van der Waals surface area contributed by atoms with Gasteiger partial charge in [0.2, 0.25) is 0 Å². The molecule has 1 nitrogen and oxygen atoms in total. The van der Waals surface area contributed by atoms with Gasteiger partial charge in [0.05, 0.1) is 0 Å². The second-order valence-electron chi connectivity index (χ2n) is 4.45. The van der Waals surface area contributed by atoms with Gasteiger partial charge in [-0.05, 0) is 58.5 Å². The Morgan fingerprint density at radius 2 is 1.43 bits per heavy atom. The Balaban J connectivity index is 3.20. The van der Waals surface area contributed by atoms with E-state index >= 15 is 0 Å². The van der Waals surface area contributed by atoms with Gasteiger partial charge >= 0.3 is 0 Å². The lowest BCUT2D eigenvalue weighted by Crippen LogP contribution is -2.18. The van der Waals surface area contributed by atoms with Crippen LogP contribution in [0.4, 0.5) is 0 Å². The predicted octanol–water partition coefficient (Wildman–Crippen LogP) is 3.23. The molecule has 0 N–H and O–H groups in total. The van der Waals surface area contributed by atoms with Gasteiger partial charge in [-0.3, -0.25) is 0 Å². The molecule has 0 spiro atoms. The summed E-state index contributed by atoms with van der Waals surface area (Å²) in [6.07, 6.45) is 0. The third-order valence-electron chi connectivity index (χ3n) is 2.93. The van der Waals surface area contributed by atoms with E-state index in [-0.39, 0.29) is 0 Å². The zero-order valence-corrected chi connectivity index (χ0v) is 10.2. The van der Waals surface area contributed by atoms with Gasteiger partial charge in [0.15, 0.2) is 0 Å². The molecule has 1 atom stereocenters. The summed E-state index contributed by atoms with van der Waals surface area (Å²) in [5.74, 6) is 0. The summed E-state index contributed by atoms with van der Waals surface area (Å²) in [7, 11) is 4.26. The number of hydrogen-bond donors (Lipinski definition) is 0. The summed E-state index contributed by atoms with van der Waals surface area (Å²) in [5.41, 5.74) is 5.64. The van der Waals surface area contributed by atoms with Crippen LogP contribution >= 0.6 is 0 Å². The quantitative estimate of drug-likeness (QED) is 0.693. The monoisotopic (exact) mass is 191 g/mol. The Hall–Kier alpha value is -0.820. The molecule has 14 heavy (non-hydrogen) atoms. The predicted molar refractivity (Wildman–Crippen MR) is 62.8 cm³/mol. The van der Waals surface area contributed by atoms with Gasteiger partial charge in [0, 0.05) is 6.04 Å². The maximum absolute atomic E-state index is 2.27. The van der Waals surface area contributed by atoms with Crippen molar-refractivity contribution in [1.29, 1.82) is 0 Å². The molecule has 0 bridgehead atoms. The van der Waals surface area contributed by atoms with Gasteiger partial charge in [-0.15, -0.1) is 0 Å². The van der Waals surface area contributed by atoms with Crippen LogP contribution in [0, 0.1) is 20.8 Å². The van der Waals surface area contributed by atoms with Crippen LogP contribution in [-0.2, 0) is 0 Å². The molecule has 1 heteroatoms. The maximum Gasteiger partial charge on any atom is 0.0319 e. The van der Waals surface area contributed by atoms with E-state index in [1.807, 2.05) is 0 Å². The summed E-state index contributed by atoms with van der Waals surface area (Å²) in [6.45, 7) is 8.82. The molecule has 0 aliphatic carbocycles. The van der Waals surface area contributed by atoms with E-state index in [9.17, 15) is 0 Å². The Labute approximate surface area is 87.7 Å². The molecular formula is C13H21N. The van der Waals surface area contributed by atoms with Crippen LogP contribution in [-0.4, -0.2) is 19.0 Å². The van der Waals surface area contributed by atoms with Crippen molar-refractivity contribution in [3.63, 3.8) is 0 Å². The molecule has 1 aromatic rings. The first kappa shape index (κ1) is 11.3. The first-order chi connectivity index (χ1) is 6.43. The van der Waals surface area contributed by atoms with Crippen LogP contribution in [0.25, 0.3) is 0 Å². The minimum Gasteiger partial charge on any atom is -0.303 e. The van der Waals surface area contributed by atoms with E-state index in [1.165, 1.54) is 22.3 Å². The summed E-state index contributed by atoms with van der Waals surface area (Å²) in [5, 5.41) is 0. The van der Waals surface area contributed by atoms with Gasteiger partial charge in [-0.2, -0.15) is 0 Å². The largest absolute Gasteiger partial charge is 0.303 e. The Morgan fingerprint density at radius 1 is 1.00 bits per heavy atom. The van der Waals surface area contributed by atoms with Gasteiger partial charge < -0.3 is 4.90 Å². The zero-order valence-electron chi connectivity index (χ0n) is 10.2. The number of benzene rings is 1. The maximum atomic E-state index is 2.27. The molecule has 0 unspecified atom stereocenters. The summed E-state index contributed by atoms with van der Waals surface area (Å²) in [4.78, 5) is 2.25. The highest BCUT2D eigenvalue weighted by Crippen LogP contribution is 2.25. The van der Waals surface area contributed by atoms with Crippen molar-refractivity contribution in [3.05, 3.63) is 34.4 Å². The summed E-state index contributed by atoms with van der Waals surface area (Å²) in [6, 6.07) is 5.03. The third-order valence-corrected chi connectivity index (χ3v) is 2.93. The van der Waals surface area contributed by atoms with E-state index < -0.39 is 0 Å². The average Bonchev–Trinajstić information content (AvgIpc) is 2.01. The highest BCUT2D eigenvalue weighted by Gasteiger charge is 2.13. The van der Waals surface area contributed by atoms with Crippen molar-refractivity contribution in [2.24, 2.45) is 0 Å². The van der Waals surface area contributed by atoms with Gasteiger partial charge in [-0.25, -0.2) is 0 Å². The van der Waals surface area contributed by atoms with Crippen LogP contribution < -0.4 is 0 Å². The molecule has 1 rings (SSSR count). The van der Waals surface area contributed by atoms with Crippen LogP contribution in [0.2, 0.25) is 0 Å². The van der Waals surface area contributed by atoms with Crippen LogP contribution in [0.5, 0.6) is 0 Å². The number of rotatable bonds is 2. The average molecular weight is 191 g/mol. The van der Waals surface area contributed by atoms with Gasteiger partial charge in [-0.1, -0.05) is 17.7 Å². The Morgan fingerprint density at radius 3 is 1.79 bits per heavy atom. The smallest absolute Gasteiger partial charge is 0.0319 e. The van der Waals surface area contributed by atoms with E-state index in [0.29, 0.717) is 6.04 Å². The topological polar surface area (TPSA) is 3.24 Å². The van der Waals surface area contributed by atoms with E-state index in [4.69, 9.17) is 0 Å². The summed E-state index contributed by atoms with van der Waals surface area (Å²) < 4.78 is 0. The molecule has 0 fully saturated rings. The second-order valence-corrected chi connectivity index (χ2v) is 4.45. The molecular weight excluding hydrogens is 170 g/mol.